The number of benzene rings is 1. The molecule has 4 aliphatic rings. The van der Waals surface area contributed by atoms with E-state index in [2.05, 4.69) is 40.4 Å². The molecule has 3 fully saturated rings. The third kappa shape index (κ3) is 7.29. The number of alkyl halides is 2. The summed E-state index contributed by atoms with van der Waals surface area (Å²) in [7, 11) is 2.20. The van der Waals surface area contributed by atoms with Crippen molar-refractivity contribution in [2.24, 2.45) is 5.92 Å². The molecule has 3 saturated heterocycles. The number of carbonyl (C=O) groups is 1. The number of likely N-dealkylation sites (N-methyl/N-ethyl adjacent to an activating group) is 1. The van der Waals surface area contributed by atoms with Gasteiger partial charge in [-0.25, -0.2) is 13.6 Å². The summed E-state index contributed by atoms with van der Waals surface area (Å²) >= 11 is 0. The fraction of sp³-hybridized carbons (Fsp3) is 0.759. The molecule has 7 nitrogen and oxygen atoms in total. The van der Waals surface area contributed by atoms with Crippen molar-refractivity contribution >= 4 is 17.5 Å². The van der Waals surface area contributed by atoms with Gasteiger partial charge in [0.1, 0.15) is 5.60 Å². The van der Waals surface area contributed by atoms with Gasteiger partial charge in [-0.2, -0.15) is 0 Å². The van der Waals surface area contributed by atoms with Gasteiger partial charge in [0.15, 0.2) is 0 Å². The van der Waals surface area contributed by atoms with Gasteiger partial charge < -0.3 is 24.8 Å². The molecule has 0 spiro atoms. The standard InChI is InChI=1S/C16H28F2N2O2.C13H19N3/c1-12-5-8-20(11-16(12,17)18)13-6-9-19(10-7-13)14(21)22-15(2,3)4;1-15-7-9-16(10-8-15)13-4-2-3-12-11(13)5-6-14-12/h12-13H,5-11H2,1-4H3;2-4,14H,5-10H2,1H3. The molecule has 0 aliphatic carbocycles. The van der Waals surface area contributed by atoms with Crippen LogP contribution in [0.25, 0.3) is 0 Å². The van der Waals surface area contributed by atoms with Crippen LogP contribution >= 0.6 is 0 Å². The first-order chi connectivity index (χ1) is 17.9. The van der Waals surface area contributed by atoms with Crippen molar-refractivity contribution in [2.45, 2.75) is 70.9 Å². The number of nitrogens with zero attached hydrogens (tertiary/aromatic N) is 4. The predicted molar refractivity (Wildman–Crippen MR) is 149 cm³/mol. The van der Waals surface area contributed by atoms with Gasteiger partial charge >= 0.3 is 6.09 Å². The quantitative estimate of drug-likeness (QED) is 0.589. The van der Waals surface area contributed by atoms with Gasteiger partial charge in [0.25, 0.3) is 5.92 Å². The molecule has 9 heteroatoms. The van der Waals surface area contributed by atoms with Crippen LogP contribution in [0, 0.1) is 5.92 Å². The van der Waals surface area contributed by atoms with Crippen LogP contribution in [0.1, 0.15) is 52.5 Å². The van der Waals surface area contributed by atoms with Gasteiger partial charge in [-0.15, -0.1) is 0 Å². The lowest BCUT2D eigenvalue weighted by Crippen LogP contribution is -2.54. The summed E-state index contributed by atoms with van der Waals surface area (Å²) in [6, 6.07) is 6.79. The molecule has 1 aromatic rings. The van der Waals surface area contributed by atoms with Crippen molar-refractivity contribution in [2.75, 3.05) is 76.2 Å². The maximum atomic E-state index is 13.9. The van der Waals surface area contributed by atoms with Gasteiger partial charge in [0.05, 0.1) is 6.54 Å². The van der Waals surface area contributed by atoms with E-state index in [4.69, 9.17) is 4.74 Å². The Hall–Kier alpha value is -2.13. The van der Waals surface area contributed by atoms with E-state index in [-0.39, 0.29) is 18.7 Å². The van der Waals surface area contributed by atoms with Crippen molar-refractivity contribution in [3.63, 3.8) is 0 Å². The van der Waals surface area contributed by atoms with Crippen molar-refractivity contribution in [3.05, 3.63) is 23.8 Å². The number of piperazine rings is 1. The third-order valence-corrected chi connectivity index (χ3v) is 8.30. The minimum atomic E-state index is -2.60. The monoisotopic (exact) mass is 535 g/mol. The van der Waals surface area contributed by atoms with Crippen molar-refractivity contribution in [3.8, 4) is 0 Å². The van der Waals surface area contributed by atoms with Crippen LogP contribution in [0.4, 0.5) is 25.0 Å². The first-order valence-corrected chi connectivity index (χ1v) is 14.3. The highest BCUT2D eigenvalue weighted by Gasteiger charge is 2.44. The van der Waals surface area contributed by atoms with E-state index in [1.54, 1.807) is 11.8 Å². The number of anilines is 2. The molecule has 0 bridgehead atoms. The highest BCUT2D eigenvalue weighted by molar-refractivity contribution is 5.69. The highest BCUT2D eigenvalue weighted by atomic mass is 19.3. The van der Waals surface area contributed by atoms with Gasteiger partial charge in [-0.1, -0.05) is 13.0 Å². The predicted octanol–water partition coefficient (Wildman–Crippen LogP) is 4.77. The van der Waals surface area contributed by atoms with Gasteiger partial charge in [0, 0.05) is 74.7 Å². The van der Waals surface area contributed by atoms with Crippen LogP contribution in [0.3, 0.4) is 0 Å². The Morgan fingerprint density at radius 3 is 2.34 bits per heavy atom. The number of carbonyl (C=O) groups excluding carboxylic acids is 1. The molecule has 1 aromatic carbocycles. The first-order valence-electron chi connectivity index (χ1n) is 14.3. The van der Waals surface area contributed by atoms with Gasteiger partial charge in [-0.05, 0) is 72.2 Å². The number of rotatable bonds is 2. The number of piperidine rings is 2. The second kappa shape index (κ2) is 11.9. The van der Waals surface area contributed by atoms with Crippen molar-refractivity contribution in [1.82, 2.24) is 14.7 Å². The van der Waals surface area contributed by atoms with Crippen LogP contribution in [0.5, 0.6) is 0 Å². The number of nitrogens with one attached hydrogen (secondary N) is 1. The molecule has 214 valence electrons. The van der Waals surface area contributed by atoms with Crippen LogP contribution in [-0.2, 0) is 11.2 Å². The normalized spacial score (nSPS) is 24.8. The zero-order chi connectivity index (χ0) is 27.5. The molecule has 38 heavy (non-hydrogen) atoms. The molecule has 4 aliphatic heterocycles. The second-order valence-electron chi connectivity index (χ2n) is 12.4. The van der Waals surface area contributed by atoms with Gasteiger partial charge in [-0.3, -0.25) is 4.90 Å². The molecular formula is C29H47F2N5O2. The molecule has 1 unspecified atom stereocenters. The topological polar surface area (TPSA) is 51.3 Å². The number of ether oxygens (including phenoxy) is 1. The summed E-state index contributed by atoms with van der Waals surface area (Å²) < 4.78 is 33.1. The average molecular weight is 536 g/mol. The summed E-state index contributed by atoms with van der Waals surface area (Å²) in [5, 5.41) is 3.45. The average Bonchev–Trinajstić information content (AvgIpc) is 3.35. The summed E-state index contributed by atoms with van der Waals surface area (Å²) in [5.74, 6) is -3.13. The number of halogens is 2. The summed E-state index contributed by atoms with van der Waals surface area (Å²) in [6.45, 7) is 14.7. The Bertz CT molecular complexity index is 937. The summed E-state index contributed by atoms with van der Waals surface area (Å²) in [6.07, 6.45) is 2.90. The van der Waals surface area contributed by atoms with Crippen LogP contribution in [0.15, 0.2) is 18.2 Å². The van der Waals surface area contributed by atoms with Crippen LogP contribution in [-0.4, -0.2) is 104 Å². The molecule has 4 heterocycles. The molecule has 5 rings (SSSR count). The van der Waals surface area contributed by atoms with Crippen LogP contribution in [0.2, 0.25) is 0 Å². The highest BCUT2D eigenvalue weighted by Crippen LogP contribution is 2.35. The fourth-order valence-electron chi connectivity index (χ4n) is 5.80. The molecule has 0 saturated carbocycles. The molecule has 1 amide bonds. The van der Waals surface area contributed by atoms with E-state index in [9.17, 15) is 13.6 Å². The van der Waals surface area contributed by atoms with E-state index in [0.717, 1.165) is 39.0 Å². The first kappa shape index (κ1) is 28.9. The van der Waals surface area contributed by atoms with Gasteiger partial charge in [0.2, 0.25) is 0 Å². The maximum Gasteiger partial charge on any atom is 0.410 e. The van der Waals surface area contributed by atoms with Crippen molar-refractivity contribution < 1.29 is 18.3 Å². The molecule has 0 aromatic heterocycles. The Kier molecular flexibility index (Phi) is 9.07. The molecule has 1 atom stereocenters. The Morgan fingerprint density at radius 2 is 1.71 bits per heavy atom. The lowest BCUT2D eigenvalue weighted by atomic mass is 9.92. The minimum Gasteiger partial charge on any atom is -0.444 e. The third-order valence-electron chi connectivity index (χ3n) is 8.30. The Labute approximate surface area is 227 Å². The lowest BCUT2D eigenvalue weighted by Gasteiger charge is -2.44. The number of amides is 1. The van der Waals surface area contributed by atoms with Crippen LogP contribution < -0.4 is 10.2 Å². The number of fused-ring (bicyclic) bond motifs is 1. The number of hydrogen-bond donors (Lipinski definition) is 1. The molecular weight excluding hydrogens is 488 g/mol. The number of likely N-dealkylation sites (tertiary alicyclic amines) is 2. The maximum absolute atomic E-state index is 13.9. The van der Waals surface area contributed by atoms with E-state index < -0.39 is 17.4 Å². The minimum absolute atomic E-state index is 0.148. The van der Waals surface area contributed by atoms with Crippen molar-refractivity contribution in [1.29, 1.82) is 0 Å². The summed E-state index contributed by atoms with van der Waals surface area (Å²) in [4.78, 5) is 20.5. The van der Waals surface area contributed by atoms with E-state index in [1.165, 1.54) is 36.4 Å². The fourth-order valence-corrected chi connectivity index (χ4v) is 5.80. The lowest BCUT2D eigenvalue weighted by molar-refractivity contribution is -0.117. The SMILES string of the molecule is CC1CCN(C2CCN(C(=O)OC(C)(C)C)CC2)CC1(F)F.CN1CCN(c2cccc3c2CCN3)CC1. The largest absolute Gasteiger partial charge is 0.444 e. The number of hydrogen-bond acceptors (Lipinski definition) is 6. The summed E-state index contributed by atoms with van der Waals surface area (Å²) in [5.41, 5.74) is 3.82. The second-order valence-corrected chi connectivity index (χ2v) is 12.4. The molecule has 0 radical (unpaired) electrons. The Morgan fingerprint density at radius 1 is 1.03 bits per heavy atom. The Balaban J connectivity index is 0.000000185. The molecule has 1 N–H and O–H groups in total. The smallest absolute Gasteiger partial charge is 0.410 e. The van der Waals surface area contributed by atoms with E-state index in [1.807, 2.05) is 25.7 Å². The zero-order valence-electron chi connectivity index (χ0n) is 23.9. The van der Waals surface area contributed by atoms with E-state index in [0.29, 0.717) is 19.5 Å². The van der Waals surface area contributed by atoms with E-state index >= 15 is 0 Å². The zero-order valence-corrected chi connectivity index (χ0v) is 23.9.